The molecule has 0 fully saturated rings. The normalized spacial score (nSPS) is 11.4. The molecule has 2 aromatic carbocycles. The number of hydrogen-bond acceptors (Lipinski definition) is 7. The smallest absolute Gasteiger partial charge is 0.227 e. The van der Waals surface area contributed by atoms with Crippen molar-refractivity contribution in [3.8, 4) is 17.5 Å². The van der Waals surface area contributed by atoms with Crippen molar-refractivity contribution < 1.29 is 4.42 Å². The summed E-state index contributed by atoms with van der Waals surface area (Å²) in [5, 5.41) is 25.5. The standard InChI is InChI=1S/C17H11N7O/c18-9-12(16-21-23-24-22-16)10-19-13-6-7-15-14(8-13)20-17(25-15)11-4-2-1-3-5-11/h1-8,10,19H,(H,21,22,23,24). The highest BCUT2D eigenvalue weighted by molar-refractivity contribution is 5.81. The van der Waals surface area contributed by atoms with Crippen LogP contribution in [0.4, 0.5) is 5.69 Å². The first-order valence-corrected chi connectivity index (χ1v) is 7.40. The molecule has 8 nitrogen and oxygen atoms in total. The number of nitrogens with one attached hydrogen (secondary N) is 2. The van der Waals surface area contributed by atoms with E-state index in [0.717, 1.165) is 16.8 Å². The lowest BCUT2D eigenvalue weighted by atomic mass is 10.2. The molecule has 0 aliphatic carbocycles. The number of allylic oxidation sites excluding steroid dienone is 1. The Hall–Kier alpha value is -3.99. The highest BCUT2D eigenvalue weighted by Crippen LogP contribution is 2.26. The van der Waals surface area contributed by atoms with E-state index in [1.807, 2.05) is 54.6 Å². The van der Waals surface area contributed by atoms with Gasteiger partial charge in [-0.05, 0) is 35.5 Å². The van der Waals surface area contributed by atoms with Gasteiger partial charge in [-0.1, -0.05) is 18.2 Å². The van der Waals surface area contributed by atoms with Gasteiger partial charge in [0.2, 0.25) is 11.7 Å². The quantitative estimate of drug-likeness (QED) is 0.553. The minimum atomic E-state index is 0.226. The minimum Gasteiger partial charge on any atom is -0.436 e. The maximum Gasteiger partial charge on any atom is 0.227 e. The summed E-state index contributed by atoms with van der Waals surface area (Å²) in [6, 6.07) is 17.2. The Morgan fingerprint density at radius 2 is 2.08 bits per heavy atom. The van der Waals surface area contributed by atoms with Gasteiger partial charge in [0.05, 0.1) is 0 Å². The van der Waals surface area contributed by atoms with E-state index in [9.17, 15) is 0 Å². The number of fused-ring (bicyclic) bond motifs is 1. The average Bonchev–Trinajstić information content (AvgIpc) is 3.32. The summed E-state index contributed by atoms with van der Waals surface area (Å²) >= 11 is 0. The van der Waals surface area contributed by atoms with Crippen molar-refractivity contribution in [3.05, 3.63) is 60.6 Å². The molecular formula is C17H11N7O. The largest absolute Gasteiger partial charge is 0.436 e. The Morgan fingerprint density at radius 3 is 2.84 bits per heavy atom. The third-order valence-corrected chi connectivity index (χ3v) is 3.50. The summed E-state index contributed by atoms with van der Waals surface area (Å²) in [5.74, 6) is 0.789. The third-order valence-electron chi connectivity index (χ3n) is 3.50. The molecular weight excluding hydrogens is 318 g/mol. The van der Waals surface area contributed by atoms with Crippen LogP contribution in [-0.4, -0.2) is 25.6 Å². The van der Waals surface area contributed by atoms with Gasteiger partial charge in [-0.25, -0.2) is 4.98 Å². The number of anilines is 1. The topological polar surface area (TPSA) is 116 Å². The van der Waals surface area contributed by atoms with Crippen molar-refractivity contribution >= 4 is 22.4 Å². The van der Waals surface area contributed by atoms with Gasteiger partial charge in [0.15, 0.2) is 5.58 Å². The van der Waals surface area contributed by atoms with E-state index in [0.29, 0.717) is 11.5 Å². The van der Waals surface area contributed by atoms with Crippen LogP contribution in [-0.2, 0) is 0 Å². The first-order chi connectivity index (χ1) is 12.3. The summed E-state index contributed by atoms with van der Waals surface area (Å²) in [7, 11) is 0. The number of benzene rings is 2. The number of H-pyrrole nitrogens is 1. The van der Waals surface area contributed by atoms with Crippen molar-refractivity contribution in [1.29, 1.82) is 5.26 Å². The summed E-state index contributed by atoms with van der Waals surface area (Å²) in [6.45, 7) is 0. The van der Waals surface area contributed by atoms with Crippen LogP contribution in [0.25, 0.3) is 28.1 Å². The molecule has 0 saturated carbocycles. The van der Waals surface area contributed by atoms with Crippen LogP contribution in [0.2, 0.25) is 0 Å². The zero-order valence-electron chi connectivity index (χ0n) is 12.8. The van der Waals surface area contributed by atoms with Crippen LogP contribution in [0.1, 0.15) is 5.82 Å². The molecule has 2 aromatic heterocycles. The SMILES string of the molecule is N#CC(=CNc1ccc2oc(-c3ccccc3)nc2c1)c1nn[nH]n1. The predicted molar refractivity (Wildman–Crippen MR) is 90.8 cm³/mol. The van der Waals surface area contributed by atoms with Crippen LogP contribution in [0.3, 0.4) is 0 Å². The highest BCUT2D eigenvalue weighted by Gasteiger charge is 2.09. The molecule has 8 heteroatoms. The summed E-state index contributed by atoms with van der Waals surface area (Å²) in [6.07, 6.45) is 1.52. The number of oxazole rings is 1. The van der Waals surface area contributed by atoms with E-state index < -0.39 is 0 Å². The number of tetrazole rings is 1. The summed E-state index contributed by atoms with van der Waals surface area (Å²) in [4.78, 5) is 4.51. The van der Waals surface area contributed by atoms with Gasteiger partial charge < -0.3 is 9.73 Å². The second-order valence-electron chi connectivity index (χ2n) is 5.12. The second-order valence-corrected chi connectivity index (χ2v) is 5.12. The molecule has 0 amide bonds. The van der Waals surface area contributed by atoms with Crippen LogP contribution < -0.4 is 5.32 Å². The van der Waals surface area contributed by atoms with E-state index >= 15 is 0 Å². The van der Waals surface area contributed by atoms with Gasteiger partial charge in [-0.15, -0.1) is 10.2 Å². The molecule has 4 rings (SSSR count). The van der Waals surface area contributed by atoms with Crippen LogP contribution in [0, 0.1) is 11.3 Å². The number of aromatic nitrogens is 5. The Morgan fingerprint density at radius 1 is 1.20 bits per heavy atom. The molecule has 2 N–H and O–H groups in total. The van der Waals surface area contributed by atoms with E-state index in [4.69, 9.17) is 9.68 Å². The molecule has 4 aromatic rings. The van der Waals surface area contributed by atoms with Gasteiger partial charge in [-0.3, -0.25) is 0 Å². The van der Waals surface area contributed by atoms with E-state index in [-0.39, 0.29) is 11.4 Å². The van der Waals surface area contributed by atoms with Crippen LogP contribution >= 0.6 is 0 Å². The van der Waals surface area contributed by atoms with Gasteiger partial charge in [-0.2, -0.15) is 10.5 Å². The van der Waals surface area contributed by atoms with Gasteiger partial charge >= 0.3 is 0 Å². The molecule has 0 unspecified atom stereocenters. The zero-order valence-corrected chi connectivity index (χ0v) is 12.8. The number of nitrogens with zero attached hydrogens (tertiary/aromatic N) is 5. The molecule has 0 aliphatic heterocycles. The zero-order chi connectivity index (χ0) is 17.1. The molecule has 0 spiro atoms. The summed E-state index contributed by atoms with van der Waals surface area (Å²) in [5.41, 5.74) is 3.34. The maximum absolute atomic E-state index is 9.17. The lowest BCUT2D eigenvalue weighted by Crippen LogP contribution is -1.92. The van der Waals surface area contributed by atoms with Gasteiger partial charge in [0.25, 0.3) is 0 Å². The van der Waals surface area contributed by atoms with Crippen LogP contribution in [0.15, 0.2) is 59.1 Å². The first kappa shape index (κ1) is 14.6. The number of hydrogen-bond donors (Lipinski definition) is 2. The number of rotatable bonds is 4. The van der Waals surface area contributed by atoms with E-state index in [1.54, 1.807) is 0 Å². The molecule has 0 bridgehead atoms. The predicted octanol–water partition coefficient (Wildman–Crippen LogP) is 2.98. The monoisotopic (exact) mass is 329 g/mol. The second kappa shape index (κ2) is 6.25. The van der Waals surface area contributed by atoms with Crippen LogP contribution in [0.5, 0.6) is 0 Å². The first-order valence-electron chi connectivity index (χ1n) is 7.40. The van der Waals surface area contributed by atoms with E-state index in [1.165, 1.54) is 6.20 Å². The lowest BCUT2D eigenvalue weighted by molar-refractivity contribution is 0.620. The van der Waals surface area contributed by atoms with E-state index in [2.05, 4.69) is 30.9 Å². The fourth-order valence-corrected chi connectivity index (χ4v) is 2.30. The molecule has 25 heavy (non-hydrogen) atoms. The Balaban J connectivity index is 1.62. The fourth-order valence-electron chi connectivity index (χ4n) is 2.30. The molecule has 0 aliphatic rings. The van der Waals surface area contributed by atoms with Crippen molar-refractivity contribution in [1.82, 2.24) is 25.6 Å². The fraction of sp³-hybridized carbons (Fsp3) is 0. The average molecular weight is 329 g/mol. The molecule has 0 saturated heterocycles. The van der Waals surface area contributed by atoms with Crippen molar-refractivity contribution in [3.63, 3.8) is 0 Å². The number of aromatic amines is 1. The maximum atomic E-state index is 9.17. The van der Waals surface area contributed by atoms with Crippen molar-refractivity contribution in [2.75, 3.05) is 5.32 Å². The third kappa shape index (κ3) is 2.94. The van der Waals surface area contributed by atoms with Gasteiger partial charge in [0.1, 0.15) is 17.2 Å². The number of nitriles is 1. The highest BCUT2D eigenvalue weighted by atomic mass is 16.3. The minimum absolute atomic E-state index is 0.226. The Kier molecular flexibility index (Phi) is 3.65. The molecule has 0 radical (unpaired) electrons. The summed E-state index contributed by atoms with van der Waals surface area (Å²) < 4.78 is 5.78. The molecule has 2 heterocycles. The molecule has 0 atom stereocenters. The lowest BCUT2D eigenvalue weighted by Gasteiger charge is -2.00. The van der Waals surface area contributed by atoms with Gasteiger partial charge in [0, 0.05) is 17.5 Å². The Labute approximate surface area is 141 Å². The van der Waals surface area contributed by atoms with Crippen molar-refractivity contribution in [2.45, 2.75) is 0 Å². The molecule has 120 valence electrons. The Bertz CT molecular complexity index is 1080. The van der Waals surface area contributed by atoms with Crippen molar-refractivity contribution in [2.24, 2.45) is 0 Å².